The highest BCUT2D eigenvalue weighted by Crippen LogP contribution is 2.03. The lowest BCUT2D eigenvalue weighted by atomic mass is 10.2. The number of nitrogens with one attached hydrogen (secondary N) is 1. The lowest BCUT2D eigenvalue weighted by Crippen LogP contribution is -2.15. The summed E-state index contributed by atoms with van der Waals surface area (Å²) in [6.07, 6.45) is 6.17. The summed E-state index contributed by atoms with van der Waals surface area (Å²) in [5, 5.41) is 7.79. The molecular weight excluding hydrogens is 242 g/mol. The third-order valence-corrected chi connectivity index (χ3v) is 3.30. The predicted octanol–water partition coefficient (Wildman–Crippen LogP) is 2.38. The van der Waals surface area contributed by atoms with Crippen molar-refractivity contribution in [3.63, 3.8) is 0 Å². The minimum Gasteiger partial charge on any atom is -0.312 e. The topological polar surface area (TPSA) is 29.9 Å². The van der Waals surface area contributed by atoms with Crippen LogP contribution in [0.15, 0.2) is 42.7 Å². The lowest BCUT2D eigenvalue weighted by molar-refractivity contribution is 0.683. The molecule has 0 atom stereocenters. The van der Waals surface area contributed by atoms with Crippen molar-refractivity contribution in [2.45, 2.75) is 13.1 Å². The molecule has 0 aliphatic heterocycles. The Kier molecular flexibility index (Phi) is 5.30. The van der Waals surface area contributed by atoms with Crippen LogP contribution < -0.4 is 5.32 Å². The molecule has 18 heavy (non-hydrogen) atoms. The Morgan fingerprint density at radius 1 is 1.22 bits per heavy atom. The van der Waals surface area contributed by atoms with Gasteiger partial charge in [0.05, 0.1) is 12.7 Å². The molecule has 0 bridgehead atoms. The first kappa shape index (κ1) is 13.2. The van der Waals surface area contributed by atoms with Crippen LogP contribution in [-0.4, -0.2) is 28.3 Å². The maximum atomic E-state index is 4.38. The van der Waals surface area contributed by atoms with Crippen LogP contribution in [0, 0.1) is 0 Å². The fourth-order valence-electron chi connectivity index (χ4n) is 1.76. The van der Waals surface area contributed by atoms with E-state index in [4.69, 9.17) is 0 Å². The number of rotatable bonds is 7. The van der Waals surface area contributed by atoms with Gasteiger partial charge in [0.1, 0.15) is 0 Å². The summed E-state index contributed by atoms with van der Waals surface area (Å²) in [7, 11) is 0. The molecule has 3 nitrogen and oxygen atoms in total. The highest BCUT2D eigenvalue weighted by molar-refractivity contribution is 7.98. The zero-order chi connectivity index (χ0) is 12.6. The zero-order valence-electron chi connectivity index (χ0n) is 10.7. The van der Waals surface area contributed by atoms with E-state index in [1.54, 1.807) is 0 Å². The SMILES string of the molecule is CSCCNCc1cnn(Cc2ccccc2)c1. The molecule has 0 saturated heterocycles. The van der Waals surface area contributed by atoms with E-state index in [1.807, 2.05) is 28.7 Å². The molecule has 0 aliphatic carbocycles. The quantitative estimate of drug-likeness (QED) is 0.776. The van der Waals surface area contributed by atoms with Gasteiger partial charge in [-0.3, -0.25) is 4.68 Å². The van der Waals surface area contributed by atoms with Gasteiger partial charge in [0.15, 0.2) is 0 Å². The summed E-state index contributed by atoms with van der Waals surface area (Å²) < 4.78 is 1.99. The normalized spacial score (nSPS) is 10.7. The Morgan fingerprint density at radius 3 is 2.83 bits per heavy atom. The third-order valence-electron chi connectivity index (χ3n) is 2.69. The lowest BCUT2D eigenvalue weighted by Gasteiger charge is -2.01. The van der Waals surface area contributed by atoms with Gasteiger partial charge in [0.25, 0.3) is 0 Å². The summed E-state index contributed by atoms with van der Waals surface area (Å²) in [6, 6.07) is 10.4. The van der Waals surface area contributed by atoms with Crippen molar-refractivity contribution in [1.82, 2.24) is 15.1 Å². The van der Waals surface area contributed by atoms with E-state index in [2.05, 4.69) is 47.1 Å². The average molecular weight is 261 g/mol. The average Bonchev–Trinajstić information content (AvgIpc) is 2.84. The second kappa shape index (κ2) is 7.24. The molecule has 4 heteroatoms. The fourth-order valence-corrected chi connectivity index (χ4v) is 2.11. The van der Waals surface area contributed by atoms with E-state index >= 15 is 0 Å². The van der Waals surface area contributed by atoms with Crippen molar-refractivity contribution in [3.05, 3.63) is 53.9 Å². The first-order valence-electron chi connectivity index (χ1n) is 6.13. The molecule has 0 unspecified atom stereocenters. The second-order valence-corrected chi connectivity index (χ2v) is 5.19. The second-order valence-electron chi connectivity index (χ2n) is 4.20. The number of hydrogen-bond acceptors (Lipinski definition) is 3. The van der Waals surface area contributed by atoms with Crippen LogP contribution >= 0.6 is 11.8 Å². The minimum absolute atomic E-state index is 0.839. The van der Waals surface area contributed by atoms with Gasteiger partial charge in [-0.25, -0.2) is 0 Å². The summed E-state index contributed by atoms with van der Waals surface area (Å²) in [4.78, 5) is 0. The van der Waals surface area contributed by atoms with E-state index in [1.165, 1.54) is 11.1 Å². The molecule has 1 heterocycles. The first-order valence-corrected chi connectivity index (χ1v) is 7.53. The van der Waals surface area contributed by atoms with Crippen molar-refractivity contribution in [2.24, 2.45) is 0 Å². The van der Waals surface area contributed by atoms with E-state index in [0.717, 1.165) is 25.4 Å². The van der Waals surface area contributed by atoms with Crippen molar-refractivity contribution in [1.29, 1.82) is 0 Å². The van der Waals surface area contributed by atoms with Crippen molar-refractivity contribution >= 4 is 11.8 Å². The Labute approximate surface area is 113 Å². The molecule has 2 aromatic rings. The van der Waals surface area contributed by atoms with E-state index in [9.17, 15) is 0 Å². The molecule has 0 fully saturated rings. The Hall–Kier alpha value is -1.26. The van der Waals surface area contributed by atoms with Gasteiger partial charge < -0.3 is 5.32 Å². The van der Waals surface area contributed by atoms with Crippen LogP contribution in [0.3, 0.4) is 0 Å². The maximum absolute atomic E-state index is 4.38. The Morgan fingerprint density at radius 2 is 2.06 bits per heavy atom. The molecule has 0 radical (unpaired) electrons. The number of hydrogen-bond donors (Lipinski definition) is 1. The third kappa shape index (κ3) is 4.20. The summed E-state index contributed by atoms with van der Waals surface area (Å²) in [5.41, 5.74) is 2.52. The van der Waals surface area contributed by atoms with Crippen LogP contribution in [0.2, 0.25) is 0 Å². The molecule has 1 aromatic heterocycles. The predicted molar refractivity (Wildman–Crippen MR) is 77.9 cm³/mol. The van der Waals surface area contributed by atoms with Gasteiger partial charge in [0.2, 0.25) is 0 Å². The first-order chi connectivity index (χ1) is 8.88. The smallest absolute Gasteiger partial charge is 0.0659 e. The van der Waals surface area contributed by atoms with Crippen LogP contribution in [0.5, 0.6) is 0 Å². The van der Waals surface area contributed by atoms with Gasteiger partial charge in [-0.2, -0.15) is 16.9 Å². The highest BCUT2D eigenvalue weighted by Gasteiger charge is 1.99. The zero-order valence-corrected chi connectivity index (χ0v) is 11.5. The number of thioether (sulfide) groups is 1. The maximum Gasteiger partial charge on any atom is 0.0659 e. The highest BCUT2D eigenvalue weighted by atomic mass is 32.2. The molecule has 0 amide bonds. The summed E-state index contributed by atoms with van der Waals surface area (Å²) >= 11 is 1.86. The largest absolute Gasteiger partial charge is 0.312 e. The van der Waals surface area contributed by atoms with Crippen molar-refractivity contribution in [3.8, 4) is 0 Å². The van der Waals surface area contributed by atoms with Gasteiger partial charge in [-0.05, 0) is 11.8 Å². The van der Waals surface area contributed by atoms with Crippen LogP contribution in [0.25, 0.3) is 0 Å². The molecular formula is C14H19N3S. The molecule has 96 valence electrons. The molecule has 1 N–H and O–H groups in total. The minimum atomic E-state index is 0.839. The van der Waals surface area contributed by atoms with Gasteiger partial charge in [0, 0.05) is 30.6 Å². The van der Waals surface area contributed by atoms with Crippen LogP contribution in [-0.2, 0) is 13.1 Å². The van der Waals surface area contributed by atoms with Crippen LogP contribution in [0.1, 0.15) is 11.1 Å². The number of nitrogens with zero attached hydrogens (tertiary/aromatic N) is 2. The molecule has 0 spiro atoms. The molecule has 0 aliphatic rings. The van der Waals surface area contributed by atoms with Crippen LogP contribution in [0.4, 0.5) is 0 Å². The number of benzene rings is 1. The Bertz CT molecular complexity index is 453. The standard InChI is InChI=1S/C14H19N3S/c1-18-8-7-15-9-14-10-16-17(12-14)11-13-5-3-2-4-6-13/h2-6,10,12,15H,7-9,11H2,1H3. The molecule has 1 aromatic carbocycles. The fraction of sp³-hybridized carbons (Fsp3) is 0.357. The monoisotopic (exact) mass is 261 g/mol. The van der Waals surface area contributed by atoms with Crippen molar-refractivity contribution < 1.29 is 0 Å². The number of aromatic nitrogens is 2. The van der Waals surface area contributed by atoms with E-state index < -0.39 is 0 Å². The van der Waals surface area contributed by atoms with E-state index in [-0.39, 0.29) is 0 Å². The molecule has 0 saturated carbocycles. The van der Waals surface area contributed by atoms with Gasteiger partial charge in [-0.15, -0.1) is 0 Å². The molecule has 2 rings (SSSR count). The summed E-state index contributed by atoms with van der Waals surface area (Å²) in [5.74, 6) is 1.15. The van der Waals surface area contributed by atoms with Gasteiger partial charge in [-0.1, -0.05) is 30.3 Å². The van der Waals surface area contributed by atoms with E-state index in [0.29, 0.717) is 0 Å². The van der Waals surface area contributed by atoms with Gasteiger partial charge >= 0.3 is 0 Å². The van der Waals surface area contributed by atoms with Crippen molar-refractivity contribution in [2.75, 3.05) is 18.6 Å². The summed E-state index contributed by atoms with van der Waals surface area (Å²) in [6.45, 7) is 2.78. The Balaban J connectivity index is 1.83.